The van der Waals surface area contributed by atoms with Gasteiger partial charge in [-0.2, -0.15) is 0 Å². The lowest BCUT2D eigenvalue weighted by Crippen LogP contribution is -2.13. The van der Waals surface area contributed by atoms with Gasteiger partial charge in [0.2, 0.25) is 0 Å². The molecule has 104 valence electrons. The minimum atomic E-state index is -1.21. The van der Waals surface area contributed by atoms with Crippen LogP contribution in [0.2, 0.25) is 0 Å². The van der Waals surface area contributed by atoms with E-state index in [-0.39, 0.29) is 21.9 Å². The number of anilines is 2. The average Bonchev–Trinajstić information content (AvgIpc) is 2.39. The van der Waals surface area contributed by atoms with Crippen molar-refractivity contribution in [3.05, 3.63) is 59.2 Å². The van der Waals surface area contributed by atoms with Crippen LogP contribution in [0.5, 0.6) is 0 Å². The molecule has 3 N–H and O–H groups in total. The number of hydrogen-bond acceptors (Lipinski definition) is 2. The van der Waals surface area contributed by atoms with E-state index in [0.29, 0.717) is 0 Å². The van der Waals surface area contributed by atoms with E-state index in [4.69, 9.17) is 5.73 Å². The van der Waals surface area contributed by atoms with Gasteiger partial charge in [-0.1, -0.05) is 12.2 Å². The van der Waals surface area contributed by atoms with Crippen molar-refractivity contribution in [2.24, 2.45) is 5.73 Å². The molecule has 0 heterocycles. The van der Waals surface area contributed by atoms with Gasteiger partial charge >= 0.3 is 0 Å². The molecule has 2 aromatic carbocycles. The van der Waals surface area contributed by atoms with Gasteiger partial charge in [0.15, 0.2) is 23.3 Å². The van der Waals surface area contributed by atoms with Crippen molar-refractivity contribution >= 4 is 28.6 Å². The largest absolute Gasteiger partial charge is 0.389 e. The predicted molar refractivity (Wildman–Crippen MR) is 71.9 cm³/mol. The Labute approximate surface area is 117 Å². The standard InChI is InChI=1S/C13H8F4N2S/c14-8-3-1-6(5-9(8)15)19-10-4-2-7(13(18)20)11(16)12(10)17/h1-5,19H,(H2,18,20). The van der Waals surface area contributed by atoms with E-state index in [1.54, 1.807) is 0 Å². The van der Waals surface area contributed by atoms with Crippen LogP contribution in [-0.4, -0.2) is 4.99 Å². The van der Waals surface area contributed by atoms with Crippen molar-refractivity contribution in [3.8, 4) is 0 Å². The molecule has 0 spiro atoms. The summed E-state index contributed by atoms with van der Waals surface area (Å²) in [6.45, 7) is 0. The molecule has 0 saturated carbocycles. The smallest absolute Gasteiger partial charge is 0.182 e. The fraction of sp³-hybridized carbons (Fsp3) is 0. The minimum absolute atomic E-state index is 0.0743. The first-order valence-corrected chi connectivity index (χ1v) is 5.81. The summed E-state index contributed by atoms with van der Waals surface area (Å²) < 4.78 is 53.2. The van der Waals surface area contributed by atoms with E-state index in [9.17, 15) is 17.6 Å². The zero-order valence-electron chi connectivity index (χ0n) is 9.88. The van der Waals surface area contributed by atoms with Crippen LogP contribution in [0.1, 0.15) is 5.56 Å². The molecule has 0 aliphatic carbocycles. The zero-order valence-corrected chi connectivity index (χ0v) is 10.7. The molecule has 0 unspecified atom stereocenters. The van der Waals surface area contributed by atoms with Gasteiger partial charge in [-0.3, -0.25) is 0 Å². The molecule has 2 nitrogen and oxygen atoms in total. The van der Waals surface area contributed by atoms with Crippen molar-refractivity contribution in [1.29, 1.82) is 0 Å². The van der Waals surface area contributed by atoms with E-state index >= 15 is 0 Å². The summed E-state index contributed by atoms with van der Waals surface area (Å²) in [6.07, 6.45) is 0. The second kappa shape index (κ2) is 5.46. The number of thiocarbonyl (C=S) groups is 1. The fourth-order valence-electron chi connectivity index (χ4n) is 1.57. The number of halogens is 4. The molecule has 0 amide bonds. The van der Waals surface area contributed by atoms with Crippen molar-refractivity contribution in [1.82, 2.24) is 0 Å². The molecule has 0 atom stereocenters. The summed E-state index contributed by atoms with van der Waals surface area (Å²) in [5.41, 5.74) is 4.84. The second-order valence-corrected chi connectivity index (χ2v) is 4.35. The molecule has 0 aliphatic heterocycles. The van der Waals surface area contributed by atoms with Crippen LogP contribution in [0.4, 0.5) is 28.9 Å². The van der Waals surface area contributed by atoms with E-state index < -0.39 is 23.3 Å². The first-order chi connectivity index (χ1) is 9.40. The summed E-state index contributed by atoms with van der Waals surface area (Å²) in [7, 11) is 0. The molecule has 7 heteroatoms. The van der Waals surface area contributed by atoms with Crippen LogP contribution in [0, 0.1) is 23.3 Å². The molecule has 0 fully saturated rings. The number of hydrogen-bond donors (Lipinski definition) is 2. The highest BCUT2D eigenvalue weighted by atomic mass is 32.1. The molecular formula is C13H8F4N2S. The third-order valence-electron chi connectivity index (χ3n) is 2.55. The maximum Gasteiger partial charge on any atom is 0.182 e. The fourth-order valence-corrected chi connectivity index (χ4v) is 1.72. The highest BCUT2D eigenvalue weighted by molar-refractivity contribution is 7.80. The summed E-state index contributed by atoms with van der Waals surface area (Å²) in [5, 5.41) is 2.44. The second-order valence-electron chi connectivity index (χ2n) is 3.91. The third kappa shape index (κ3) is 2.72. The van der Waals surface area contributed by atoms with Gasteiger partial charge in [0.1, 0.15) is 4.99 Å². The quantitative estimate of drug-likeness (QED) is 0.671. The summed E-state index contributed by atoms with van der Waals surface area (Å²) in [4.78, 5) is -0.277. The molecule has 2 aromatic rings. The lowest BCUT2D eigenvalue weighted by molar-refractivity contribution is 0.508. The Morgan fingerprint density at radius 2 is 1.65 bits per heavy atom. The molecular weight excluding hydrogens is 292 g/mol. The average molecular weight is 300 g/mol. The number of nitrogens with one attached hydrogen (secondary N) is 1. The van der Waals surface area contributed by atoms with Crippen LogP contribution in [0.25, 0.3) is 0 Å². The van der Waals surface area contributed by atoms with Crippen molar-refractivity contribution in [3.63, 3.8) is 0 Å². The molecule has 0 aromatic heterocycles. The SMILES string of the molecule is NC(=S)c1ccc(Nc2ccc(F)c(F)c2)c(F)c1F. The van der Waals surface area contributed by atoms with Gasteiger partial charge in [0.05, 0.1) is 5.69 Å². The van der Waals surface area contributed by atoms with Gasteiger partial charge in [-0.25, -0.2) is 17.6 Å². The van der Waals surface area contributed by atoms with Crippen LogP contribution in [0.3, 0.4) is 0 Å². The van der Waals surface area contributed by atoms with Gasteiger partial charge in [-0.15, -0.1) is 0 Å². The predicted octanol–water partition coefficient (Wildman–Crippen LogP) is 3.62. The Balaban J connectivity index is 2.37. The Bertz CT molecular complexity index is 688. The topological polar surface area (TPSA) is 38.0 Å². The third-order valence-corrected chi connectivity index (χ3v) is 2.77. The molecule has 0 bridgehead atoms. The van der Waals surface area contributed by atoms with E-state index in [2.05, 4.69) is 17.5 Å². The normalized spacial score (nSPS) is 10.4. The Hall–Kier alpha value is -2.15. The Kier molecular flexibility index (Phi) is 3.89. The van der Waals surface area contributed by atoms with Crippen molar-refractivity contribution < 1.29 is 17.6 Å². The van der Waals surface area contributed by atoms with Crippen LogP contribution in [-0.2, 0) is 0 Å². The van der Waals surface area contributed by atoms with Crippen LogP contribution < -0.4 is 11.1 Å². The number of benzene rings is 2. The first-order valence-electron chi connectivity index (χ1n) is 5.40. The van der Waals surface area contributed by atoms with Crippen LogP contribution in [0.15, 0.2) is 30.3 Å². The maximum atomic E-state index is 13.8. The lowest BCUT2D eigenvalue weighted by Gasteiger charge is -2.10. The van der Waals surface area contributed by atoms with Crippen LogP contribution >= 0.6 is 12.2 Å². The first kappa shape index (κ1) is 14.3. The van der Waals surface area contributed by atoms with E-state index in [1.165, 1.54) is 18.2 Å². The lowest BCUT2D eigenvalue weighted by atomic mass is 10.1. The molecule has 0 radical (unpaired) electrons. The number of rotatable bonds is 3. The maximum absolute atomic E-state index is 13.8. The van der Waals surface area contributed by atoms with Gasteiger partial charge in [0.25, 0.3) is 0 Å². The van der Waals surface area contributed by atoms with E-state index in [1.807, 2.05) is 0 Å². The van der Waals surface area contributed by atoms with Gasteiger partial charge in [0, 0.05) is 17.3 Å². The monoisotopic (exact) mass is 300 g/mol. The summed E-state index contributed by atoms with van der Waals surface area (Å²) in [5.74, 6) is -4.55. The molecule has 20 heavy (non-hydrogen) atoms. The van der Waals surface area contributed by atoms with Crippen molar-refractivity contribution in [2.75, 3.05) is 5.32 Å². The summed E-state index contributed by atoms with van der Waals surface area (Å²) in [6, 6.07) is 5.29. The Morgan fingerprint density at radius 3 is 2.25 bits per heavy atom. The zero-order chi connectivity index (χ0) is 14.9. The molecule has 0 aliphatic rings. The molecule has 0 saturated heterocycles. The highest BCUT2D eigenvalue weighted by Gasteiger charge is 2.15. The Morgan fingerprint density at radius 1 is 0.950 bits per heavy atom. The highest BCUT2D eigenvalue weighted by Crippen LogP contribution is 2.25. The number of nitrogens with two attached hydrogens (primary N) is 1. The van der Waals surface area contributed by atoms with Gasteiger partial charge < -0.3 is 11.1 Å². The van der Waals surface area contributed by atoms with Crippen molar-refractivity contribution in [2.45, 2.75) is 0 Å². The molecule has 2 rings (SSSR count). The summed E-state index contributed by atoms with van der Waals surface area (Å²) >= 11 is 4.57. The minimum Gasteiger partial charge on any atom is -0.389 e. The van der Waals surface area contributed by atoms with E-state index in [0.717, 1.165) is 12.1 Å². The van der Waals surface area contributed by atoms with Gasteiger partial charge in [-0.05, 0) is 24.3 Å².